The van der Waals surface area contributed by atoms with Crippen molar-refractivity contribution in [2.24, 2.45) is 0 Å². The van der Waals surface area contributed by atoms with Crippen molar-refractivity contribution in [3.63, 3.8) is 0 Å². The highest BCUT2D eigenvalue weighted by atomic mass is 16.5. The highest BCUT2D eigenvalue weighted by Crippen LogP contribution is 2.11. The summed E-state index contributed by atoms with van der Waals surface area (Å²) < 4.78 is 5.25. The van der Waals surface area contributed by atoms with Gasteiger partial charge in [-0.1, -0.05) is 11.2 Å². The number of hydrogen-bond donors (Lipinski definition) is 0. The van der Waals surface area contributed by atoms with E-state index in [2.05, 4.69) is 15.0 Å². The van der Waals surface area contributed by atoms with Gasteiger partial charge in [-0.15, -0.1) is 0 Å². The molecule has 0 N–H and O–H groups in total. The molecule has 0 spiro atoms. The first-order valence-corrected chi connectivity index (χ1v) is 7.94. The van der Waals surface area contributed by atoms with E-state index in [9.17, 15) is 4.79 Å². The monoisotopic (exact) mass is 314 g/mol. The molecule has 122 valence electrons. The number of pyridine rings is 1. The molecule has 1 aliphatic rings. The highest BCUT2D eigenvalue weighted by molar-refractivity contribution is 5.78. The van der Waals surface area contributed by atoms with Crippen molar-refractivity contribution in [1.29, 1.82) is 0 Å². The maximum Gasteiger partial charge on any atom is 0.227 e. The molecule has 1 amide bonds. The summed E-state index contributed by atoms with van der Waals surface area (Å²) in [6.07, 6.45) is 2.21. The van der Waals surface area contributed by atoms with Crippen LogP contribution in [0.5, 0.6) is 0 Å². The summed E-state index contributed by atoms with van der Waals surface area (Å²) in [7, 11) is 0. The molecule has 1 fully saturated rings. The Labute approximate surface area is 136 Å². The molecule has 1 aliphatic heterocycles. The Kier molecular flexibility index (Phi) is 4.71. The van der Waals surface area contributed by atoms with Crippen molar-refractivity contribution in [1.82, 2.24) is 19.9 Å². The first-order chi connectivity index (χ1) is 11.1. The fourth-order valence-corrected chi connectivity index (χ4v) is 2.76. The minimum absolute atomic E-state index is 0.172. The molecule has 3 rings (SSSR count). The number of carbonyl (C=O) groups excluding carboxylic acids is 1. The van der Waals surface area contributed by atoms with Gasteiger partial charge in [0.2, 0.25) is 5.91 Å². The minimum atomic E-state index is 0.172. The molecule has 1 saturated heterocycles. The quantitative estimate of drug-likeness (QED) is 0.857. The molecular formula is C17H22N4O2. The van der Waals surface area contributed by atoms with E-state index in [1.807, 2.05) is 36.9 Å². The largest absolute Gasteiger partial charge is 0.360 e. The summed E-state index contributed by atoms with van der Waals surface area (Å²) in [5.74, 6) is 1.05. The molecule has 0 radical (unpaired) electrons. The number of piperazine rings is 1. The zero-order valence-electron chi connectivity index (χ0n) is 13.7. The van der Waals surface area contributed by atoms with Crippen molar-refractivity contribution < 1.29 is 9.32 Å². The van der Waals surface area contributed by atoms with Gasteiger partial charge in [0.15, 0.2) is 5.76 Å². The number of nitrogens with zero attached hydrogens (tertiary/aromatic N) is 4. The number of amides is 1. The van der Waals surface area contributed by atoms with Crippen LogP contribution in [-0.2, 0) is 17.8 Å². The van der Waals surface area contributed by atoms with Gasteiger partial charge in [0, 0.05) is 44.1 Å². The molecule has 23 heavy (non-hydrogen) atoms. The Balaban J connectivity index is 1.48. The maximum absolute atomic E-state index is 12.4. The molecular weight excluding hydrogens is 292 g/mol. The van der Waals surface area contributed by atoms with E-state index >= 15 is 0 Å². The van der Waals surface area contributed by atoms with Crippen LogP contribution in [0, 0.1) is 13.8 Å². The van der Waals surface area contributed by atoms with Crippen molar-refractivity contribution in [3.05, 3.63) is 47.1 Å². The van der Waals surface area contributed by atoms with Crippen molar-refractivity contribution >= 4 is 5.91 Å². The zero-order valence-corrected chi connectivity index (χ0v) is 13.7. The average molecular weight is 314 g/mol. The summed E-state index contributed by atoms with van der Waals surface area (Å²) >= 11 is 0. The average Bonchev–Trinajstić information content (AvgIpc) is 2.95. The summed E-state index contributed by atoms with van der Waals surface area (Å²) in [5.41, 5.74) is 2.85. The van der Waals surface area contributed by atoms with Gasteiger partial charge < -0.3 is 9.42 Å². The van der Waals surface area contributed by atoms with Crippen molar-refractivity contribution in [2.45, 2.75) is 26.8 Å². The van der Waals surface area contributed by atoms with Crippen LogP contribution in [0.3, 0.4) is 0 Å². The van der Waals surface area contributed by atoms with E-state index in [0.29, 0.717) is 6.42 Å². The fraction of sp³-hybridized carbons (Fsp3) is 0.471. The van der Waals surface area contributed by atoms with Crippen LogP contribution in [0.15, 0.2) is 28.9 Å². The molecule has 2 aromatic rings. The lowest BCUT2D eigenvalue weighted by Gasteiger charge is -2.34. The molecule has 2 aromatic heterocycles. The number of hydrogen-bond acceptors (Lipinski definition) is 5. The number of rotatable bonds is 4. The van der Waals surface area contributed by atoms with Gasteiger partial charge in [0.05, 0.1) is 18.7 Å². The Hall–Kier alpha value is -2.21. The Morgan fingerprint density at radius 1 is 1.17 bits per heavy atom. The molecule has 0 unspecified atom stereocenters. The second-order valence-electron chi connectivity index (χ2n) is 6.08. The molecule has 0 atom stereocenters. The molecule has 0 aromatic carbocycles. The second kappa shape index (κ2) is 6.91. The van der Waals surface area contributed by atoms with Crippen LogP contribution in [0.25, 0.3) is 0 Å². The van der Waals surface area contributed by atoms with Crippen molar-refractivity contribution in [3.8, 4) is 0 Å². The third-order valence-electron chi connectivity index (χ3n) is 4.11. The van der Waals surface area contributed by atoms with E-state index < -0.39 is 0 Å². The van der Waals surface area contributed by atoms with Gasteiger partial charge in [0.25, 0.3) is 0 Å². The number of aromatic nitrogens is 2. The topological polar surface area (TPSA) is 62.5 Å². The van der Waals surface area contributed by atoms with Gasteiger partial charge in [-0.05, 0) is 25.5 Å². The predicted octanol–water partition coefficient (Wildman–Crippen LogP) is 1.57. The van der Waals surface area contributed by atoms with Crippen LogP contribution in [-0.4, -0.2) is 52.0 Å². The predicted molar refractivity (Wildman–Crippen MR) is 85.8 cm³/mol. The Morgan fingerprint density at radius 3 is 2.57 bits per heavy atom. The first kappa shape index (κ1) is 15.7. The molecule has 6 nitrogen and oxygen atoms in total. The second-order valence-corrected chi connectivity index (χ2v) is 6.08. The van der Waals surface area contributed by atoms with Gasteiger partial charge in [-0.25, -0.2) is 0 Å². The first-order valence-electron chi connectivity index (χ1n) is 7.94. The number of aryl methyl sites for hydroxylation is 2. The van der Waals surface area contributed by atoms with Gasteiger partial charge in [0.1, 0.15) is 0 Å². The van der Waals surface area contributed by atoms with Crippen LogP contribution < -0.4 is 0 Å². The lowest BCUT2D eigenvalue weighted by Crippen LogP contribution is -2.48. The normalized spacial score (nSPS) is 15.8. The SMILES string of the molecule is Cc1ccc(CC(=O)N2CCN(Cc3cc(C)no3)CC2)cn1. The molecule has 0 aliphatic carbocycles. The zero-order chi connectivity index (χ0) is 16.2. The van der Waals surface area contributed by atoms with Gasteiger partial charge >= 0.3 is 0 Å². The lowest BCUT2D eigenvalue weighted by atomic mass is 10.1. The molecule has 3 heterocycles. The van der Waals surface area contributed by atoms with Gasteiger partial charge in [-0.2, -0.15) is 0 Å². The van der Waals surface area contributed by atoms with Crippen LogP contribution in [0.2, 0.25) is 0 Å². The number of carbonyl (C=O) groups is 1. The summed E-state index contributed by atoms with van der Waals surface area (Å²) in [4.78, 5) is 20.8. The molecule has 6 heteroatoms. The van der Waals surface area contributed by atoms with E-state index in [1.54, 1.807) is 6.20 Å². The van der Waals surface area contributed by atoms with E-state index in [0.717, 1.165) is 55.4 Å². The summed E-state index contributed by atoms with van der Waals surface area (Å²) in [5, 5.41) is 3.91. The third-order valence-corrected chi connectivity index (χ3v) is 4.11. The Morgan fingerprint density at radius 2 is 1.96 bits per heavy atom. The molecule has 0 saturated carbocycles. The van der Waals surface area contributed by atoms with Crippen LogP contribution in [0.1, 0.15) is 22.7 Å². The van der Waals surface area contributed by atoms with Crippen LogP contribution in [0.4, 0.5) is 0 Å². The fourth-order valence-electron chi connectivity index (χ4n) is 2.76. The van der Waals surface area contributed by atoms with E-state index in [-0.39, 0.29) is 5.91 Å². The Bertz CT molecular complexity index is 657. The highest BCUT2D eigenvalue weighted by Gasteiger charge is 2.22. The van der Waals surface area contributed by atoms with E-state index in [1.165, 1.54) is 0 Å². The maximum atomic E-state index is 12.4. The standard InChI is InChI=1S/C17H22N4O2/c1-13-3-4-15(11-18-13)10-17(22)21-7-5-20(6-8-21)12-16-9-14(2)19-23-16/h3-4,9,11H,5-8,10,12H2,1-2H3. The smallest absolute Gasteiger partial charge is 0.227 e. The molecule has 0 bridgehead atoms. The minimum Gasteiger partial charge on any atom is -0.360 e. The summed E-state index contributed by atoms with van der Waals surface area (Å²) in [6, 6.07) is 5.88. The summed E-state index contributed by atoms with van der Waals surface area (Å²) in [6.45, 7) is 7.85. The van der Waals surface area contributed by atoms with Crippen LogP contribution >= 0.6 is 0 Å². The lowest BCUT2D eigenvalue weighted by molar-refractivity contribution is -0.132. The van der Waals surface area contributed by atoms with Crippen molar-refractivity contribution in [2.75, 3.05) is 26.2 Å². The third kappa shape index (κ3) is 4.16. The van der Waals surface area contributed by atoms with Gasteiger partial charge in [-0.3, -0.25) is 14.7 Å². The van der Waals surface area contributed by atoms with E-state index in [4.69, 9.17) is 4.52 Å².